The first-order chi connectivity index (χ1) is 12.1. The summed E-state index contributed by atoms with van der Waals surface area (Å²) in [6.07, 6.45) is 2.00. The quantitative estimate of drug-likeness (QED) is 0.266. The molecule has 0 amide bonds. The van der Waals surface area contributed by atoms with Gasteiger partial charge in [-0.3, -0.25) is 0 Å². The lowest BCUT2D eigenvalue weighted by Gasteiger charge is -2.11. The van der Waals surface area contributed by atoms with E-state index in [1.54, 1.807) is 7.11 Å². The van der Waals surface area contributed by atoms with Crippen molar-refractivity contribution in [3.63, 3.8) is 0 Å². The fourth-order valence-corrected chi connectivity index (χ4v) is 2.42. The molecule has 144 valence electrons. The van der Waals surface area contributed by atoms with E-state index in [9.17, 15) is 0 Å². The number of aromatic nitrogens is 1. The van der Waals surface area contributed by atoms with Gasteiger partial charge in [-0.25, -0.2) is 9.98 Å². The lowest BCUT2D eigenvalue weighted by Crippen LogP contribution is -2.37. The Morgan fingerprint density at radius 3 is 2.73 bits per heavy atom. The zero-order valence-corrected chi connectivity index (χ0v) is 18.3. The molecule has 0 radical (unpaired) electrons. The molecule has 26 heavy (non-hydrogen) atoms. The Morgan fingerprint density at radius 2 is 2.08 bits per heavy atom. The van der Waals surface area contributed by atoms with Gasteiger partial charge >= 0.3 is 0 Å². The molecule has 0 atom stereocenters. The van der Waals surface area contributed by atoms with Crippen LogP contribution in [-0.2, 0) is 13.0 Å². The zero-order valence-electron chi connectivity index (χ0n) is 16.0. The van der Waals surface area contributed by atoms with Crippen molar-refractivity contribution >= 4 is 29.9 Å². The predicted octanol–water partition coefficient (Wildman–Crippen LogP) is 3.61. The molecule has 6 nitrogen and oxygen atoms in total. The Hall–Kier alpha value is -1.77. The SMILES string of the molecule is CCNC(=NCc1nc(C)c(C)o1)NCCCc1cccc(OC)c1.I. The maximum Gasteiger partial charge on any atom is 0.216 e. The molecule has 1 aromatic heterocycles. The molecule has 0 saturated carbocycles. The van der Waals surface area contributed by atoms with E-state index in [1.807, 2.05) is 32.9 Å². The molecule has 2 rings (SSSR count). The Labute approximate surface area is 172 Å². The molecule has 2 N–H and O–H groups in total. The highest BCUT2D eigenvalue weighted by Gasteiger charge is 2.05. The van der Waals surface area contributed by atoms with Gasteiger partial charge in [-0.1, -0.05) is 12.1 Å². The third kappa shape index (κ3) is 7.23. The smallest absolute Gasteiger partial charge is 0.216 e. The molecular formula is C19H29IN4O2. The first-order valence-electron chi connectivity index (χ1n) is 8.70. The molecule has 7 heteroatoms. The molecule has 0 aliphatic heterocycles. The number of methoxy groups -OCH3 is 1. The number of halogens is 1. The van der Waals surface area contributed by atoms with Gasteiger partial charge in [0.15, 0.2) is 5.96 Å². The van der Waals surface area contributed by atoms with Gasteiger partial charge in [0.2, 0.25) is 5.89 Å². The summed E-state index contributed by atoms with van der Waals surface area (Å²) in [5, 5.41) is 6.59. The van der Waals surface area contributed by atoms with Crippen molar-refractivity contribution in [1.82, 2.24) is 15.6 Å². The fourth-order valence-electron chi connectivity index (χ4n) is 2.42. The van der Waals surface area contributed by atoms with Crippen molar-refractivity contribution in [2.24, 2.45) is 4.99 Å². The highest BCUT2D eigenvalue weighted by Crippen LogP contribution is 2.13. The summed E-state index contributed by atoms with van der Waals surface area (Å²) >= 11 is 0. The van der Waals surface area contributed by atoms with Gasteiger partial charge in [-0.15, -0.1) is 24.0 Å². The minimum Gasteiger partial charge on any atom is -0.497 e. The summed E-state index contributed by atoms with van der Waals surface area (Å²) in [6.45, 7) is 7.98. The fraction of sp³-hybridized carbons (Fsp3) is 0.474. The van der Waals surface area contributed by atoms with Crippen molar-refractivity contribution in [3.8, 4) is 5.75 Å². The van der Waals surface area contributed by atoms with Gasteiger partial charge in [0, 0.05) is 13.1 Å². The zero-order chi connectivity index (χ0) is 18.1. The van der Waals surface area contributed by atoms with E-state index in [2.05, 4.69) is 32.7 Å². The number of rotatable bonds is 8. The van der Waals surface area contributed by atoms with Gasteiger partial charge in [0.1, 0.15) is 18.1 Å². The van der Waals surface area contributed by atoms with Crippen LogP contribution in [0, 0.1) is 13.8 Å². The number of guanidine groups is 1. The molecule has 0 saturated heterocycles. The van der Waals surface area contributed by atoms with Gasteiger partial charge in [0.05, 0.1) is 12.8 Å². The minimum atomic E-state index is 0. The van der Waals surface area contributed by atoms with Crippen LogP contribution in [0.3, 0.4) is 0 Å². The highest BCUT2D eigenvalue weighted by molar-refractivity contribution is 14.0. The summed E-state index contributed by atoms with van der Waals surface area (Å²) in [4.78, 5) is 8.88. The number of aryl methyl sites for hydroxylation is 3. The van der Waals surface area contributed by atoms with E-state index in [4.69, 9.17) is 9.15 Å². The van der Waals surface area contributed by atoms with Crippen molar-refractivity contribution in [2.45, 2.75) is 40.2 Å². The van der Waals surface area contributed by atoms with Gasteiger partial charge in [0.25, 0.3) is 0 Å². The van der Waals surface area contributed by atoms with Gasteiger partial charge < -0.3 is 19.8 Å². The monoisotopic (exact) mass is 472 g/mol. The second-order valence-corrected chi connectivity index (χ2v) is 5.83. The summed E-state index contributed by atoms with van der Waals surface area (Å²) in [7, 11) is 1.69. The Bertz CT molecular complexity index is 681. The summed E-state index contributed by atoms with van der Waals surface area (Å²) in [6, 6.07) is 8.18. The first-order valence-corrected chi connectivity index (χ1v) is 8.70. The number of nitrogens with zero attached hydrogens (tertiary/aromatic N) is 2. The number of hydrogen-bond donors (Lipinski definition) is 2. The molecular weight excluding hydrogens is 443 g/mol. The average molecular weight is 472 g/mol. The van der Waals surface area contributed by atoms with Crippen LogP contribution in [0.15, 0.2) is 33.7 Å². The number of nitrogens with one attached hydrogen (secondary N) is 2. The number of aliphatic imine (C=N–C) groups is 1. The number of ether oxygens (including phenoxy) is 1. The third-order valence-corrected chi connectivity index (χ3v) is 3.86. The van der Waals surface area contributed by atoms with Crippen LogP contribution in [0.25, 0.3) is 0 Å². The molecule has 1 heterocycles. The molecule has 0 spiro atoms. The highest BCUT2D eigenvalue weighted by atomic mass is 127. The van der Waals surface area contributed by atoms with Crippen LogP contribution in [0.4, 0.5) is 0 Å². The van der Waals surface area contributed by atoms with Gasteiger partial charge in [-0.2, -0.15) is 0 Å². The topological polar surface area (TPSA) is 71.7 Å². The van der Waals surface area contributed by atoms with Crippen molar-refractivity contribution < 1.29 is 9.15 Å². The lowest BCUT2D eigenvalue weighted by atomic mass is 10.1. The number of hydrogen-bond acceptors (Lipinski definition) is 4. The van der Waals surface area contributed by atoms with Crippen LogP contribution in [0.2, 0.25) is 0 Å². The van der Waals surface area contributed by atoms with E-state index >= 15 is 0 Å². The molecule has 0 fully saturated rings. The number of benzene rings is 1. The predicted molar refractivity (Wildman–Crippen MR) is 116 cm³/mol. The van der Waals surface area contributed by atoms with Crippen molar-refractivity contribution in [3.05, 3.63) is 47.2 Å². The number of oxazole rings is 1. The third-order valence-electron chi connectivity index (χ3n) is 3.86. The molecule has 2 aromatic rings. The maximum atomic E-state index is 5.56. The normalized spacial score (nSPS) is 11.0. The second kappa shape index (κ2) is 11.8. The second-order valence-electron chi connectivity index (χ2n) is 5.83. The van der Waals surface area contributed by atoms with Crippen LogP contribution in [0.5, 0.6) is 5.75 Å². The standard InChI is InChI=1S/C19H28N4O2.HI/c1-5-20-19(22-13-18-23-14(2)15(3)25-18)21-11-7-9-16-8-6-10-17(12-16)24-4;/h6,8,10,12H,5,7,9,11,13H2,1-4H3,(H2,20,21,22);1H. The maximum absolute atomic E-state index is 5.56. The van der Waals surface area contributed by atoms with E-state index < -0.39 is 0 Å². The molecule has 1 aromatic carbocycles. The largest absolute Gasteiger partial charge is 0.497 e. The summed E-state index contributed by atoms with van der Waals surface area (Å²) < 4.78 is 10.8. The van der Waals surface area contributed by atoms with Crippen LogP contribution < -0.4 is 15.4 Å². The molecule has 0 unspecified atom stereocenters. The van der Waals surface area contributed by atoms with E-state index in [0.717, 1.165) is 49.1 Å². The van der Waals surface area contributed by atoms with E-state index in [-0.39, 0.29) is 24.0 Å². The Balaban J connectivity index is 0.00000338. The molecule has 0 bridgehead atoms. The minimum absolute atomic E-state index is 0. The van der Waals surface area contributed by atoms with Crippen LogP contribution in [0.1, 0.15) is 36.3 Å². The Kier molecular flexibility index (Phi) is 10.1. The molecule has 0 aliphatic rings. The van der Waals surface area contributed by atoms with Crippen LogP contribution in [-0.4, -0.2) is 31.1 Å². The molecule has 0 aliphatic carbocycles. The Morgan fingerprint density at radius 1 is 1.27 bits per heavy atom. The first kappa shape index (κ1) is 22.3. The van der Waals surface area contributed by atoms with Crippen LogP contribution >= 0.6 is 24.0 Å². The average Bonchev–Trinajstić information content (AvgIpc) is 2.94. The summed E-state index contributed by atoms with van der Waals surface area (Å²) in [5.41, 5.74) is 2.19. The lowest BCUT2D eigenvalue weighted by molar-refractivity contribution is 0.414. The van der Waals surface area contributed by atoms with Crippen molar-refractivity contribution in [2.75, 3.05) is 20.2 Å². The van der Waals surface area contributed by atoms with E-state index in [0.29, 0.717) is 12.4 Å². The van der Waals surface area contributed by atoms with Gasteiger partial charge in [-0.05, 0) is 51.3 Å². The van der Waals surface area contributed by atoms with Crippen molar-refractivity contribution in [1.29, 1.82) is 0 Å². The summed E-state index contributed by atoms with van der Waals surface area (Å²) in [5.74, 6) is 3.17. The van der Waals surface area contributed by atoms with E-state index in [1.165, 1.54) is 5.56 Å².